The SMILES string of the molecule is CC[C@@]1(O)C(=O)OCc2c1cc1n(c2=O)Cc2c-1nc1cc3c(c4c1c2C(NC(=O)CCCO)C4)OCO3. The lowest BCUT2D eigenvalue weighted by Gasteiger charge is -2.31. The van der Waals surface area contributed by atoms with E-state index in [0.717, 1.165) is 22.1 Å². The summed E-state index contributed by atoms with van der Waals surface area (Å²) in [6, 6.07) is 3.10. The number of hydrogen-bond donors (Lipinski definition) is 3. The number of rotatable bonds is 5. The van der Waals surface area contributed by atoms with Gasteiger partial charge in [-0.25, -0.2) is 9.78 Å². The Labute approximate surface area is 216 Å². The van der Waals surface area contributed by atoms with Crippen LogP contribution in [0, 0.1) is 0 Å². The fraction of sp³-hybridized carbons (Fsp3) is 0.407. The number of nitrogens with one attached hydrogen (secondary N) is 1. The number of pyridine rings is 2. The fourth-order valence-corrected chi connectivity index (χ4v) is 6.25. The van der Waals surface area contributed by atoms with Crippen molar-refractivity contribution in [1.29, 1.82) is 0 Å². The Kier molecular flexibility index (Phi) is 4.89. The number of esters is 1. The van der Waals surface area contributed by atoms with E-state index in [-0.39, 0.29) is 68.0 Å². The van der Waals surface area contributed by atoms with Crippen LogP contribution in [0.2, 0.25) is 0 Å². The summed E-state index contributed by atoms with van der Waals surface area (Å²) in [6.45, 7) is 1.70. The van der Waals surface area contributed by atoms with Gasteiger partial charge in [-0.3, -0.25) is 9.59 Å². The number of fused-ring (bicyclic) bond motifs is 7. The quantitative estimate of drug-likeness (QED) is 0.332. The summed E-state index contributed by atoms with van der Waals surface area (Å²) in [5.41, 5.74) is 2.52. The lowest BCUT2D eigenvalue weighted by molar-refractivity contribution is -0.172. The van der Waals surface area contributed by atoms with E-state index in [1.165, 1.54) is 0 Å². The van der Waals surface area contributed by atoms with Crippen molar-refractivity contribution in [3.8, 4) is 22.9 Å². The van der Waals surface area contributed by atoms with Gasteiger partial charge in [0.2, 0.25) is 12.7 Å². The van der Waals surface area contributed by atoms with Gasteiger partial charge >= 0.3 is 5.97 Å². The van der Waals surface area contributed by atoms with E-state index in [1.54, 1.807) is 23.6 Å². The third-order valence-corrected chi connectivity index (χ3v) is 8.11. The zero-order chi connectivity index (χ0) is 26.3. The minimum Gasteiger partial charge on any atom is -0.458 e. The highest BCUT2D eigenvalue weighted by atomic mass is 16.7. The second kappa shape index (κ2) is 8.02. The molecule has 1 unspecified atom stereocenters. The smallest absolute Gasteiger partial charge is 0.343 e. The van der Waals surface area contributed by atoms with E-state index in [0.29, 0.717) is 41.2 Å². The van der Waals surface area contributed by atoms with Gasteiger partial charge in [-0.2, -0.15) is 0 Å². The first kappa shape index (κ1) is 23.2. The van der Waals surface area contributed by atoms with Crippen molar-refractivity contribution in [1.82, 2.24) is 14.9 Å². The van der Waals surface area contributed by atoms with Gasteiger partial charge in [0.15, 0.2) is 17.1 Å². The maximum atomic E-state index is 13.6. The highest BCUT2D eigenvalue weighted by Crippen LogP contribution is 2.51. The highest BCUT2D eigenvalue weighted by molar-refractivity contribution is 5.97. The first-order valence-corrected chi connectivity index (χ1v) is 12.7. The molecule has 11 heteroatoms. The molecule has 3 N–H and O–H groups in total. The van der Waals surface area contributed by atoms with Crippen LogP contribution in [0.1, 0.15) is 60.0 Å². The minimum absolute atomic E-state index is 0.0553. The van der Waals surface area contributed by atoms with Gasteiger partial charge in [0.1, 0.15) is 6.61 Å². The van der Waals surface area contributed by atoms with Crippen molar-refractivity contribution in [2.24, 2.45) is 0 Å². The lowest BCUT2D eigenvalue weighted by Crippen LogP contribution is -2.44. The van der Waals surface area contributed by atoms with Gasteiger partial charge in [0.25, 0.3) is 5.56 Å². The van der Waals surface area contributed by atoms with Gasteiger partial charge < -0.3 is 34.3 Å². The molecule has 11 nitrogen and oxygen atoms in total. The predicted octanol–water partition coefficient (Wildman–Crippen LogP) is 1.29. The van der Waals surface area contributed by atoms with Crippen LogP contribution >= 0.6 is 0 Å². The van der Waals surface area contributed by atoms with Crippen molar-refractivity contribution < 1.29 is 34.0 Å². The second-order valence-corrected chi connectivity index (χ2v) is 10.1. The van der Waals surface area contributed by atoms with Crippen molar-refractivity contribution in [3.05, 3.63) is 50.3 Å². The molecule has 0 fully saturated rings. The second-order valence-electron chi connectivity index (χ2n) is 10.1. The van der Waals surface area contributed by atoms with Crippen LogP contribution in [0.4, 0.5) is 0 Å². The topological polar surface area (TPSA) is 149 Å². The molecule has 1 amide bonds. The van der Waals surface area contributed by atoms with E-state index in [2.05, 4.69) is 5.32 Å². The number of aliphatic hydroxyl groups excluding tert-OH is 1. The fourth-order valence-electron chi connectivity index (χ4n) is 6.25. The summed E-state index contributed by atoms with van der Waals surface area (Å²) in [4.78, 5) is 43.8. The molecule has 2 aromatic heterocycles. The third kappa shape index (κ3) is 2.96. The molecule has 5 heterocycles. The number of nitrogens with zero attached hydrogens (tertiary/aromatic N) is 2. The maximum absolute atomic E-state index is 13.6. The number of hydrogen-bond acceptors (Lipinski definition) is 9. The Morgan fingerprint density at radius 3 is 2.84 bits per heavy atom. The third-order valence-electron chi connectivity index (χ3n) is 8.11. The summed E-state index contributed by atoms with van der Waals surface area (Å²) in [5.74, 6) is 0.251. The van der Waals surface area contributed by atoms with Gasteiger partial charge in [0.05, 0.1) is 35.1 Å². The number of ether oxygens (including phenoxy) is 3. The van der Waals surface area contributed by atoms with Crippen LogP contribution in [-0.4, -0.2) is 45.0 Å². The van der Waals surface area contributed by atoms with Crippen LogP contribution in [0.15, 0.2) is 16.9 Å². The van der Waals surface area contributed by atoms with E-state index in [1.807, 2.05) is 0 Å². The summed E-state index contributed by atoms with van der Waals surface area (Å²) >= 11 is 0. The minimum atomic E-state index is -1.92. The zero-order valence-electron chi connectivity index (χ0n) is 20.6. The highest BCUT2D eigenvalue weighted by Gasteiger charge is 2.46. The molecule has 1 aliphatic carbocycles. The Bertz CT molecular complexity index is 1640. The Morgan fingerprint density at radius 2 is 2.05 bits per heavy atom. The number of carbonyl (C=O) groups excluding carboxylic acids is 2. The summed E-state index contributed by atoms with van der Waals surface area (Å²) in [5, 5.41) is 24.3. The number of amides is 1. The van der Waals surface area contributed by atoms with Crippen LogP contribution in [-0.2, 0) is 39.5 Å². The predicted molar refractivity (Wildman–Crippen MR) is 132 cm³/mol. The molecule has 38 heavy (non-hydrogen) atoms. The van der Waals surface area contributed by atoms with Crippen LogP contribution in [0.25, 0.3) is 22.3 Å². The van der Waals surface area contributed by atoms with Crippen molar-refractivity contribution >= 4 is 22.8 Å². The monoisotopic (exact) mass is 519 g/mol. The van der Waals surface area contributed by atoms with Gasteiger partial charge in [0, 0.05) is 47.6 Å². The van der Waals surface area contributed by atoms with Crippen LogP contribution in [0.3, 0.4) is 0 Å². The Morgan fingerprint density at radius 1 is 1.21 bits per heavy atom. The zero-order valence-corrected chi connectivity index (χ0v) is 20.6. The van der Waals surface area contributed by atoms with E-state index < -0.39 is 11.6 Å². The Balaban J connectivity index is 1.45. The van der Waals surface area contributed by atoms with E-state index in [4.69, 9.17) is 24.3 Å². The molecule has 0 bridgehead atoms. The molecule has 3 aromatic rings. The molecular weight excluding hydrogens is 494 g/mol. The van der Waals surface area contributed by atoms with Gasteiger partial charge in [-0.15, -0.1) is 0 Å². The molecule has 4 aliphatic rings. The molecule has 7 rings (SSSR count). The Hall–Kier alpha value is -3.96. The number of benzene rings is 1. The number of carbonyl (C=O) groups is 2. The van der Waals surface area contributed by atoms with Gasteiger partial charge in [-0.1, -0.05) is 6.92 Å². The van der Waals surface area contributed by atoms with Gasteiger partial charge in [-0.05, 0) is 24.5 Å². The molecule has 0 saturated carbocycles. The summed E-state index contributed by atoms with van der Waals surface area (Å²) < 4.78 is 18.2. The molecule has 2 atom stereocenters. The standard InChI is InChI=1S/C27H25N3O8/c1-2-27(35)15-7-18-23-13(9-30(18)25(33)14(15)10-36-26(27)34)22-16(28-20(32)4-3-5-31)6-12-21(22)17(29-23)8-19-24(12)38-11-37-19/h7-8,16,31,35H,2-6,9-11H2,1H3,(H,28,32)/t16?,27-/m0/s1. The molecule has 196 valence electrons. The molecule has 3 aliphatic heterocycles. The first-order valence-electron chi connectivity index (χ1n) is 12.7. The first-order chi connectivity index (χ1) is 18.4. The molecule has 0 spiro atoms. The molecular formula is C27H25N3O8. The van der Waals surface area contributed by atoms with Crippen molar-refractivity contribution in [2.45, 2.75) is 57.4 Å². The van der Waals surface area contributed by atoms with E-state index >= 15 is 0 Å². The average Bonchev–Trinajstić information content (AvgIpc) is 3.62. The molecule has 0 saturated heterocycles. The molecule has 1 aromatic carbocycles. The van der Waals surface area contributed by atoms with Crippen molar-refractivity contribution in [2.75, 3.05) is 13.4 Å². The maximum Gasteiger partial charge on any atom is 0.343 e. The number of cyclic esters (lactones) is 1. The summed E-state index contributed by atoms with van der Waals surface area (Å²) in [6.07, 6.45) is 1.07. The number of aliphatic hydroxyl groups is 2. The largest absolute Gasteiger partial charge is 0.458 e. The van der Waals surface area contributed by atoms with Crippen LogP contribution in [0.5, 0.6) is 11.5 Å². The lowest BCUT2D eigenvalue weighted by atomic mass is 9.86. The normalized spacial score (nSPS) is 21.8. The number of aromatic nitrogens is 2. The van der Waals surface area contributed by atoms with E-state index in [9.17, 15) is 19.5 Å². The molecule has 0 radical (unpaired) electrons. The summed E-state index contributed by atoms with van der Waals surface area (Å²) in [7, 11) is 0. The van der Waals surface area contributed by atoms with Crippen LogP contribution < -0.4 is 20.3 Å². The van der Waals surface area contributed by atoms with Crippen molar-refractivity contribution in [3.63, 3.8) is 0 Å². The average molecular weight is 520 g/mol.